The van der Waals surface area contributed by atoms with Crippen molar-refractivity contribution >= 4 is 43.4 Å². The molecule has 3 rings (SSSR count). The molecule has 2 unspecified atom stereocenters. The number of aliphatic hydroxyl groups is 2. The van der Waals surface area contributed by atoms with E-state index in [9.17, 15) is 18.6 Å². The first-order valence-electron chi connectivity index (χ1n) is 7.34. The number of fused-ring (bicyclic) bond motifs is 4. The van der Waals surface area contributed by atoms with Gasteiger partial charge in [-0.05, 0) is 34.1 Å². The molecular formula is C14H16BrN5O4S. The topological polar surface area (TPSA) is 136 Å². The van der Waals surface area contributed by atoms with Crippen LogP contribution in [-0.4, -0.2) is 53.9 Å². The van der Waals surface area contributed by atoms with Gasteiger partial charge in [-0.1, -0.05) is 6.07 Å². The number of hydrogen-bond acceptors (Lipinski definition) is 8. The van der Waals surface area contributed by atoms with Crippen molar-refractivity contribution in [2.24, 2.45) is 0 Å². The first kappa shape index (κ1) is 18.0. The highest BCUT2D eigenvalue weighted by Crippen LogP contribution is 2.23. The Morgan fingerprint density at radius 3 is 2.76 bits per heavy atom. The average molecular weight is 430 g/mol. The van der Waals surface area contributed by atoms with Crippen LogP contribution in [0.25, 0.3) is 0 Å². The Labute approximate surface area is 152 Å². The highest BCUT2D eigenvalue weighted by Gasteiger charge is 2.22. The number of nitrogens with one attached hydrogen (secondary N) is 3. The molecule has 2 aromatic rings. The Kier molecular flexibility index (Phi) is 5.20. The molecule has 0 fully saturated rings. The molecule has 0 radical (unpaired) electrons. The van der Waals surface area contributed by atoms with Crippen LogP contribution in [0.4, 0.5) is 17.5 Å². The van der Waals surface area contributed by atoms with Crippen molar-refractivity contribution in [3.8, 4) is 0 Å². The third-order valence-electron chi connectivity index (χ3n) is 3.55. The number of benzene rings is 1. The van der Waals surface area contributed by atoms with Crippen LogP contribution < -0.4 is 15.4 Å². The molecule has 134 valence electrons. The van der Waals surface area contributed by atoms with Gasteiger partial charge < -0.3 is 20.8 Å². The first-order chi connectivity index (χ1) is 11.8. The zero-order valence-electron chi connectivity index (χ0n) is 12.8. The lowest BCUT2D eigenvalue weighted by molar-refractivity contribution is 0.0315. The highest BCUT2D eigenvalue weighted by atomic mass is 79.9. The molecular weight excluding hydrogens is 414 g/mol. The van der Waals surface area contributed by atoms with E-state index in [0.29, 0.717) is 16.0 Å². The van der Waals surface area contributed by atoms with Gasteiger partial charge in [-0.15, -0.1) is 0 Å². The van der Waals surface area contributed by atoms with Crippen molar-refractivity contribution in [2.45, 2.75) is 17.1 Å². The largest absolute Gasteiger partial charge is 0.389 e. The summed E-state index contributed by atoms with van der Waals surface area (Å²) in [5, 5.41) is 25.8. The molecule has 0 amide bonds. The average Bonchev–Trinajstić information content (AvgIpc) is 2.59. The fourth-order valence-electron chi connectivity index (χ4n) is 2.17. The fraction of sp³-hybridized carbons (Fsp3) is 0.286. The molecule has 5 N–H and O–H groups in total. The summed E-state index contributed by atoms with van der Waals surface area (Å²) in [6.07, 6.45) is -0.962. The Morgan fingerprint density at radius 1 is 1.20 bits per heavy atom. The first-order valence-corrected chi connectivity index (χ1v) is 9.62. The van der Waals surface area contributed by atoms with Gasteiger partial charge in [-0.2, -0.15) is 4.98 Å². The second-order valence-electron chi connectivity index (χ2n) is 5.41. The van der Waals surface area contributed by atoms with Crippen molar-refractivity contribution in [3.05, 3.63) is 34.9 Å². The summed E-state index contributed by atoms with van der Waals surface area (Å²) >= 11 is 3.31. The quantitative estimate of drug-likeness (QED) is 0.406. The van der Waals surface area contributed by atoms with Crippen molar-refractivity contribution in [1.29, 1.82) is 0 Å². The van der Waals surface area contributed by atoms with Gasteiger partial charge in [0.1, 0.15) is 5.82 Å². The monoisotopic (exact) mass is 429 g/mol. The maximum absolute atomic E-state index is 12.3. The lowest BCUT2D eigenvalue weighted by Crippen LogP contribution is -2.42. The fourth-order valence-corrected chi connectivity index (χ4v) is 3.60. The van der Waals surface area contributed by atoms with Crippen molar-refractivity contribution in [2.75, 3.05) is 23.7 Å². The molecule has 4 bridgehead atoms. The number of aromatic nitrogens is 2. The van der Waals surface area contributed by atoms with E-state index in [2.05, 4.69) is 41.3 Å². The van der Waals surface area contributed by atoms with E-state index in [1.165, 1.54) is 18.3 Å². The Morgan fingerprint density at radius 2 is 1.96 bits per heavy atom. The van der Waals surface area contributed by atoms with Crippen LogP contribution >= 0.6 is 15.9 Å². The third-order valence-corrected chi connectivity index (χ3v) is 5.55. The third kappa shape index (κ3) is 4.25. The molecule has 0 aliphatic carbocycles. The number of sulfonamides is 1. The Hall–Kier alpha value is -1.79. The summed E-state index contributed by atoms with van der Waals surface area (Å²) in [4.78, 5) is 8.41. The van der Waals surface area contributed by atoms with Gasteiger partial charge in [-0.3, -0.25) is 0 Å². The minimum atomic E-state index is -3.83. The molecule has 25 heavy (non-hydrogen) atoms. The van der Waals surface area contributed by atoms with E-state index < -0.39 is 22.2 Å². The number of nitrogens with zero attached hydrogens (tertiary/aromatic N) is 2. The second kappa shape index (κ2) is 7.22. The number of rotatable bonds is 0. The van der Waals surface area contributed by atoms with Crippen LogP contribution in [0.2, 0.25) is 0 Å². The molecule has 2 atom stereocenters. The SMILES string of the molecule is O=S1(=O)NCC(O)C(O)CNc2nc(ncc2Br)Nc2cccc1c2. The molecule has 1 aromatic carbocycles. The highest BCUT2D eigenvalue weighted by molar-refractivity contribution is 9.10. The summed E-state index contributed by atoms with van der Waals surface area (Å²) in [5.41, 5.74) is 0.494. The smallest absolute Gasteiger partial charge is 0.240 e. The summed E-state index contributed by atoms with van der Waals surface area (Å²) in [5.74, 6) is 0.679. The van der Waals surface area contributed by atoms with Crippen LogP contribution in [0.15, 0.2) is 39.8 Å². The number of β-amino-alcohol motifs (C(OH)–C–C–N with tert-alkyl or cyclic N) is 2. The predicted molar refractivity (Wildman–Crippen MR) is 95.1 cm³/mol. The molecule has 1 aromatic heterocycles. The number of aliphatic hydroxyl groups excluding tert-OH is 2. The standard InChI is InChI=1S/C14H16BrN5O4S/c15-10-5-17-14-19-8-2-1-3-9(4-8)25(23,24)18-7-12(22)11(21)6-16-13(10)20-14/h1-5,11-12,18,21-22H,6-7H2,(H2,16,17,19,20). The predicted octanol–water partition coefficient (Wildman–Crippen LogP) is 0.408. The van der Waals surface area contributed by atoms with E-state index in [1.54, 1.807) is 12.1 Å². The molecule has 2 heterocycles. The zero-order chi connectivity index (χ0) is 18.0. The Balaban J connectivity index is 2.03. The van der Waals surface area contributed by atoms with Gasteiger partial charge in [0.2, 0.25) is 16.0 Å². The van der Waals surface area contributed by atoms with E-state index in [0.717, 1.165) is 0 Å². The van der Waals surface area contributed by atoms with E-state index in [4.69, 9.17) is 0 Å². The summed E-state index contributed by atoms with van der Waals surface area (Å²) in [7, 11) is -3.83. The van der Waals surface area contributed by atoms with E-state index >= 15 is 0 Å². The summed E-state index contributed by atoms with van der Waals surface area (Å²) in [6.45, 7) is -0.345. The summed E-state index contributed by atoms with van der Waals surface area (Å²) in [6, 6.07) is 6.11. The molecule has 0 saturated heterocycles. The van der Waals surface area contributed by atoms with E-state index in [1.807, 2.05) is 0 Å². The van der Waals surface area contributed by atoms with Gasteiger partial charge in [-0.25, -0.2) is 18.1 Å². The van der Waals surface area contributed by atoms with Crippen molar-refractivity contribution in [1.82, 2.24) is 14.7 Å². The normalized spacial score (nSPS) is 23.0. The van der Waals surface area contributed by atoms with Gasteiger partial charge in [0.15, 0.2) is 0 Å². The second-order valence-corrected chi connectivity index (χ2v) is 8.03. The molecule has 1 aliphatic heterocycles. The summed E-state index contributed by atoms with van der Waals surface area (Å²) < 4.78 is 27.5. The van der Waals surface area contributed by atoms with E-state index in [-0.39, 0.29) is 23.9 Å². The Bertz CT molecular complexity index is 879. The van der Waals surface area contributed by atoms with Crippen molar-refractivity contribution in [3.63, 3.8) is 0 Å². The minimum absolute atomic E-state index is 0.0201. The molecule has 0 spiro atoms. The lowest BCUT2D eigenvalue weighted by Gasteiger charge is -2.20. The zero-order valence-corrected chi connectivity index (χ0v) is 15.2. The van der Waals surface area contributed by atoms with Gasteiger partial charge >= 0.3 is 0 Å². The molecule has 1 aliphatic rings. The lowest BCUT2D eigenvalue weighted by atomic mass is 10.2. The maximum atomic E-state index is 12.3. The van der Waals surface area contributed by atoms with Gasteiger partial charge in [0, 0.05) is 25.0 Å². The molecule has 9 nitrogen and oxygen atoms in total. The van der Waals surface area contributed by atoms with Crippen LogP contribution in [0.1, 0.15) is 0 Å². The molecule has 11 heteroatoms. The maximum Gasteiger partial charge on any atom is 0.240 e. The van der Waals surface area contributed by atoms with Crippen LogP contribution in [0, 0.1) is 0 Å². The van der Waals surface area contributed by atoms with Gasteiger partial charge in [0.05, 0.1) is 21.6 Å². The number of hydrogen-bond donors (Lipinski definition) is 5. The van der Waals surface area contributed by atoms with Gasteiger partial charge in [0.25, 0.3) is 0 Å². The number of anilines is 3. The van der Waals surface area contributed by atoms with Crippen LogP contribution in [0.5, 0.6) is 0 Å². The molecule has 0 saturated carbocycles. The van der Waals surface area contributed by atoms with Crippen LogP contribution in [-0.2, 0) is 10.0 Å². The van der Waals surface area contributed by atoms with Crippen LogP contribution in [0.3, 0.4) is 0 Å². The number of halogens is 1. The van der Waals surface area contributed by atoms with Crippen molar-refractivity contribution < 1.29 is 18.6 Å². The minimum Gasteiger partial charge on any atom is -0.389 e.